The van der Waals surface area contributed by atoms with Gasteiger partial charge in [0.2, 0.25) is 10.9 Å². The number of carboxylic acids is 2. The normalized spacial score (nSPS) is 16.1. The zero-order valence-electron chi connectivity index (χ0n) is 28.8. The molecule has 2 aromatic heterocycles. The maximum Gasteiger partial charge on any atom is 0.341 e. The fourth-order valence-corrected chi connectivity index (χ4v) is 8.42. The molecular formula is C38H36F3N5O6S. The number of piperidine rings is 1. The highest BCUT2D eigenvalue weighted by Crippen LogP contribution is 2.41. The lowest BCUT2D eigenvalue weighted by Crippen LogP contribution is -2.45. The first-order chi connectivity index (χ1) is 25.4. The Morgan fingerprint density at radius 1 is 0.717 bits per heavy atom. The first kappa shape index (κ1) is 36.1. The molecule has 11 nitrogen and oxygen atoms in total. The van der Waals surface area contributed by atoms with E-state index in [2.05, 4.69) is 4.90 Å². The van der Waals surface area contributed by atoms with Crippen molar-refractivity contribution in [3.8, 4) is 5.69 Å². The van der Waals surface area contributed by atoms with Crippen molar-refractivity contribution in [2.75, 3.05) is 61.9 Å². The van der Waals surface area contributed by atoms with Gasteiger partial charge in [-0.3, -0.25) is 9.59 Å². The summed E-state index contributed by atoms with van der Waals surface area (Å²) in [5, 5.41) is 18.8. The smallest absolute Gasteiger partial charge is 0.341 e. The zero-order valence-corrected chi connectivity index (χ0v) is 29.6. The molecule has 0 spiro atoms. The third-order valence-electron chi connectivity index (χ3n) is 9.98. The van der Waals surface area contributed by atoms with Gasteiger partial charge in [0, 0.05) is 75.0 Å². The van der Waals surface area contributed by atoms with Crippen molar-refractivity contribution in [3.63, 3.8) is 0 Å². The van der Waals surface area contributed by atoms with E-state index in [1.165, 1.54) is 59.1 Å². The molecule has 276 valence electrons. The van der Waals surface area contributed by atoms with Gasteiger partial charge in [0.1, 0.15) is 28.6 Å². The number of aryl methyl sites for hydroxylation is 1. The summed E-state index contributed by atoms with van der Waals surface area (Å²) >= 11 is 1.54. The van der Waals surface area contributed by atoms with E-state index < -0.39 is 45.8 Å². The summed E-state index contributed by atoms with van der Waals surface area (Å²) in [6, 6.07) is 9.34. The number of nitrogens with zero attached hydrogens (tertiary/aromatic N) is 5. The summed E-state index contributed by atoms with van der Waals surface area (Å²) in [6.45, 7) is 5.20. The van der Waals surface area contributed by atoms with E-state index in [0.29, 0.717) is 40.4 Å². The van der Waals surface area contributed by atoms with Crippen molar-refractivity contribution in [2.45, 2.75) is 30.7 Å². The van der Waals surface area contributed by atoms with E-state index in [1.807, 2.05) is 16.8 Å². The molecule has 2 saturated heterocycles. The van der Waals surface area contributed by atoms with Crippen molar-refractivity contribution in [2.24, 2.45) is 0 Å². The van der Waals surface area contributed by atoms with Gasteiger partial charge in [0.15, 0.2) is 0 Å². The Kier molecular flexibility index (Phi) is 9.96. The molecule has 0 saturated carbocycles. The van der Waals surface area contributed by atoms with Gasteiger partial charge in [-0.1, -0.05) is 0 Å². The number of thioether (sulfide) groups is 1. The number of piperazine rings is 1. The van der Waals surface area contributed by atoms with Crippen LogP contribution in [0.25, 0.3) is 27.5 Å². The van der Waals surface area contributed by atoms with Gasteiger partial charge in [0.05, 0.1) is 32.7 Å². The molecule has 2 fully saturated rings. The summed E-state index contributed by atoms with van der Waals surface area (Å²) in [7, 11) is 2.04. The Bertz CT molecular complexity index is 2390. The molecule has 0 amide bonds. The van der Waals surface area contributed by atoms with Crippen LogP contribution in [0.4, 0.5) is 24.5 Å². The molecule has 3 aliphatic heterocycles. The van der Waals surface area contributed by atoms with Gasteiger partial charge in [-0.15, -0.1) is 11.8 Å². The SMILES string of the molecule is CN1CCN(c2c(F)cc3c(=O)c(C(=O)O)cn4c3c2SCC4)CC1.O=C(O)c1cn(-c2ccc(F)cc2)c2cc(N3CCCCC3)c(F)cc2c1=O. The van der Waals surface area contributed by atoms with Gasteiger partial charge in [-0.05, 0) is 68.8 Å². The van der Waals surface area contributed by atoms with E-state index in [1.54, 1.807) is 10.6 Å². The standard InChI is InChI=1S/C21H18F2N2O3.C17H18FN3O3S/c22-13-4-6-14(7-5-13)25-12-16(21(27)28)20(26)15-10-17(23)19(11-18(15)25)24-8-2-1-3-9-24;1-19-2-4-20(5-3-19)14-12(18)8-10-13-16(14)25-7-6-21(13)9-11(15(10)22)17(23)24/h4-7,10-12H,1-3,8-9H2,(H,27,28);8-9H,2-7H2,1H3,(H,23,24). The first-order valence-electron chi connectivity index (χ1n) is 17.2. The number of aromatic nitrogens is 2. The number of hydrogen-bond donors (Lipinski definition) is 2. The zero-order chi connectivity index (χ0) is 37.6. The topological polar surface area (TPSA) is 128 Å². The van der Waals surface area contributed by atoms with Gasteiger partial charge < -0.3 is 34.0 Å². The van der Waals surface area contributed by atoms with Crippen molar-refractivity contribution in [1.82, 2.24) is 14.0 Å². The monoisotopic (exact) mass is 747 g/mol. The van der Waals surface area contributed by atoms with Crippen molar-refractivity contribution < 1.29 is 33.0 Å². The molecule has 53 heavy (non-hydrogen) atoms. The lowest BCUT2D eigenvalue weighted by molar-refractivity contribution is 0.0684. The largest absolute Gasteiger partial charge is 0.477 e. The van der Waals surface area contributed by atoms with Gasteiger partial charge in [0.25, 0.3) is 0 Å². The number of halogens is 3. The van der Waals surface area contributed by atoms with Crippen LogP contribution >= 0.6 is 11.8 Å². The average Bonchev–Trinajstić information content (AvgIpc) is 3.14. The molecule has 3 aliphatic rings. The second kappa shape index (κ2) is 14.6. The fourth-order valence-electron chi connectivity index (χ4n) is 7.20. The maximum absolute atomic E-state index is 15.0. The molecule has 0 bridgehead atoms. The molecular weight excluding hydrogens is 712 g/mol. The molecule has 5 heterocycles. The number of carboxylic acid groups (broad SMARTS) is 2. The number of rotatable bonds is 5. The number of likely N-dealkylation sites (N-methyl/N-ethyl adjacent to an activating group) is 1. The minimum Gasteiger partial charge on any atom is -0.477 e. The molecule has 15 heteroatoms. The Balaban J connectivity index is 0.000000165. The van der Waals surface area contributed by atoms with Gasteiger partial charge >= 0.3 is 11.9 Å². The summed E-state index contributed by atoms with van der Waals surface area (Å²) in [5.74, 6) is -3.41. The lowest BCUT2D eigenvalue weighted by Gasteiger charge is -2.36. The minimum absolute atomic E-state index is 0.0255. The van der Waals surface area contributed by atoms with Crippen LogP contribution in [0.15, 0.2) is 69.3 Å². The first-order valence-corrected chi connectivity index (χ1v) is 18.2. The number of aromatic carboxylic acids is 2. The minimum atomic E-state index is -1.40. The maximum atomic E-state index is 15.0. The summed E-state index contributed by atoms with van der Waals surface area (Å²) in [5.41, 5.74) is 0.289. The van der Waals surface area contributed by atoms with E-state index in [0.717, 1.165) is 69.5 Å². The van der Waals surface area contributed by atoms with Crippen LogP contribution in [0.5, 0.6) is 0 Å². The summed E-state index contributed by atoms with van der Waals surface area (Å²) < 4.78 is 46.4. The van der Waals surface area contributed by atoms with Crippen LogP contribution in [0.1, 0.15) is 40.0 Å². The number of hydrogen-bond acceptors (Lipinski definition) is 8. The van der Waals surface area contributed by atoms with Gasteiger partial charge in [-0.2, -0.15) is 0 Å². The van der Waals surface area contributed by atoms with E-state index in [4.69, 9.17) is 0 Å². The Hall–Kier alpha value is -5.28. The van der Waals surface area contributed by atoms with Gasteiger partial charge in [-0.25, -0.2) is 22.8 Å². The number of fused-ring (bicyclic) bond motifs is 1. The third kappa shape index (κ3) is 6.86. The fraction of sp³-hybridized carbons (Fsp3) is 0.316. The highest BCUT2D eigenvalue weighted by Gasteiger charge is 2.28. The quantitative estimate of drug-likeness (QED) is 0.233. The number of anilines is 2. The molecule has 0 atom stereocenters. The van der Waals surface area contributed by atoms with Crippen LogP contribution in [0, 0.1) is 17.5 Å². The number of pyridine rings is 2. The second-order valence-electron chi connectivity index (χ2n) is 13.3. The highest BCUT2D eigenvalue weighted by molar-refractivity contribution is 7.99. The summed E-state index contributed by atoms with van der Waals surface area (Å²) in [6.07, 6.45) is 5.61. The van der Waals surface area contributed by atoms with E-state index in [-0.39, 0.29) is 16.3 Å². The Morgan fingerprint density at radius 2 is 1.34 bits per heavy atom. The number of carbonyl (C=O) groups is 2. The van der Waals surface area contributed by atoms with Crippen LogP contribution in [-0.4, -0.2) is 88.3 Å². The molecule has 3 aromatic carbocycles. The predicted octanol–water partition coefficient (Wildman–Crippen LogP) is 5.65. The Labute approximate surface area is 305 Å². The Morgan fingerprint density at radius 3 is 2.00 bits per heavy atom. The van der Waals surface area contributed by atoms with Crippen molar-refractivity contribution >= 4 is 56.9 Å². The van der Waals surface area contributed by atoms with Crippen LogP contribution in [0.3, 0.4) is 0 Å². The lowest BCUT2D eigenvalue weighted by atomic mass is 10.1. The van der Waals surface area contributed by atoms with Crippen molar-refractivity contribution in [3.05, 3.63) is 104 Å². The highest BCUT2D eigenvalue weighted by atomic mass is 32.2. The van der Waals surface area contributed by atoms with Crippen LogP contribution in [0.2, 0.25) is 0 Å². The molecule has 0 radical (unpaired) electrons. The molecule has 0 aliphatic carbocycles. The average molecular weight is 748 g/mol. The number of benzene rings is 3. The molecule has 0 unspecified atom stereocenters. The third-order valence-corrected chi connectivity index (χ3v) is 11.0. The van der Waals surface area contributed by atoms with E-state index in [9.17, 15) is 42.6 Å². The van der Waals surface area contributed by atoms with Crippen molar-refractivity contribution in [1.29, 1.82) is 0 Å². The van der Waals surface area contributed by atoms with Crippen LogP contribution in [-0.2, 0) is 6.54 Å². The summed E-state index contributed by atoms with van der Waals surface area (Å²) in [4.78, 5) is 54.9. The predicted molar refractivity (Wildman–Crippen MR) is 198 cm³/mol. The van der Waals surface area contributed by atoms with Crippen LogP contribution < -0.4 is 20.7 Å². The molecule has 5 aromatic rings. The second-order valence-corrected chi connectivity index (χ2v) is 14.4. The molecule has 8 rings (SSSR count). The molecule has 2 N–H and O–H groups in total. The van der Waals surface area contributed by atoms with E-state index >= 15 is 0 Å².